The highest BCUT2D eigenvalue weighted by atomic mass is 16.5. The first-order valence-electron chi connectivity index (χ1n) is 5.80. The summed E-state index contributed by atoms with van der Waals surface area (Å²) >= 11 is 0. The van der Waals surface area contributed by atoms with E-state index in [9.17, 15) is 0 Å². The van der Waals surface area contributed by atoms with Crippen LogP contribution in [0.2, 0.25) is 0 Å². The average Bonchev–Trinajstić information content (AvgIpc) is 2.25. The van der Waals surface area contributed by atoms with Gasteiger partial charge in [0.25, 0.3) is 0 Å². The maximum absolute atomic E-state index is 5.24. The van der Waals surface area contributed by atoms with Gasteiger partial charge in [-0.15, -0.1) is 0 Å². The van der Waals surface area contributed by atoms with Gasteiger partial charge in [-0.3, -0.25) is 0 Å². The molecule has 0 rings (SSSR count). The Labute approximate surface area is 94.0 Å². The Kier molecular flexibility index (Phi) is 10.5. The summed E-state index contributed by atoms with van der Waals surface area (Å²) in [7, 11) is 0. The molecule has 0 radical (unpaired) electrons. The lowest BCUT2D eigenvalue weighted by molar-refractivity contribution is 0.175. The summed E-state index contributed by atoms with van der Waals surface area (Å²) in [4.78, 5) is 0. The Bertz CT molecular complexity index is 155. The van der Waals surface area contributed by atoms with Gasteiger partial charge >= 0.3 is 0 Å². The van der Waals surface area contributed by atoms with E-state index in [1.54, 1.807) is 0 Å². The van der Waals surface area contributed by atoms with Gasteiger partial charge < -0.3 is 9.47 Å². The maximum atomic E-state index is 5.24. The van der Waals surface area contributed by atoms with Crippen LogP contribution in [0.5, 0.6) is 0 Å². The molecule has 0 spiro atoms. The topological polar surface area (TPSA) is 18.5 Å². The maximum Gasteiger partial charge on any atom is 0.0901 e. The zero-order chi connectivity index (χ0) is 11.4. The van der Waals surface area contributed by atoms with Crippen molar-refractivity contribution in [2.24, 2.45) is 5.92 Å². The Hall–Kier alpha value is -0.920. The summed E-state index contributed by atoms with van der Waals surface area (Å²) in [5.74, 6) is 0.664. The first-order chi connectivity index (χ1) is 7.35. The molecular weight excluding hydrogens is 188 g/mol. The van der Waals surface area contributed by atoms with E-state index in [4.69, 9.17) is 9.47 Å². The van der Waals surface area contributed by atoms with Crippen molar-refractivity contribution in [3.05, 3.63) is 25.7 Å². The molecule has 0 aliphatic carbocycles. The van der Waals surface area contributed by atoms with Crippen molar-refractivity contribution in [2.45, 2.75) is 39.0 Å². The van der Waals surface area contributed by atoms with Gasteiger partial charge in [0.1, 0.15) is 0 Å². The van der Waals surface area contributed by atoms with Gasteiger partial charge in [-0.25, -0.2) is 0 Å². The fraction of sp³-hybridized carbons (Fsp3) is 0.692. The van der Waals surface area contributed by atoms with Gasteiger partial charge in [0, 0.05) is 0 Å². The van der Waals surface area contributed by atoms with Crippen molar-refractivity contribution in [3.63, 3.8) is 0 Å². The second-order valence-electron chi connectivity index (χ2n) is 3.69. The van der Waals surface area contributed by atoms with Crippen molar-refractivity contribution in [3.8, 4) is 0 Å². The van der Waals surface area contributed by atoms with Gasteiger partial charge in [-0.2, -0.15) is 0 Å². The van der Waals surface area contributed by atoms with Gasteiger partial charge in [-0.05, 0) is 31.6 Å². The number of ether oxygens (including phenoxy) is 2. The molecule has 0 N–H and O–H groups in total. The second-order valence-corrected chi connectivity index (χ2v) is 3.69. The Morgan fingerprint density at radius 3 is 2.40 bits per heavy atom. The lowest BCUT2D eigenvalue weighted by Crippen LogP contribution is -2.07. The van der Waals surface area contributed by atoms with E-state index in [-0.39, 0.29) is 0 Å². The van der Waals surface area contributed by atoms with Crippen molar-refractivity contribution in [2.75, 3.05) is 13.2 Å². The van der Waals surface area contributed by atoms with Crippen LogP contribution in [0.15, 0.2) is 25.7 Å². The fourth-order valence-corrected chi connectivity index (χ4v) is 1.63. The second kappa shape index (κ2) is 11.2. The highest BCUT2D eigenvalue weighted by Crippen LogP contribution is 2.15. The van der Waals surface area contributed by atoms with Crippen LogP contribution in [0, 0.1) is 5.92 Å². The zero-order valence-electron chi connectivity index (χ0n) is 9.91. The van der Waals surface area contributed by atoms with Gasteiger partial charge in [0.05, 0.1) is 25.7 Å². The van der Waals surface area contributed by atoms with Crippen LogP contribution < -0.4 is 0 Å². The Morgan fingerprint density at radius 2 is 1.80 bits per heavy atom. The minimum atomic E-state index is 0.664. The first-order valence-corrected chi connectivity index (χ1v) is 5.80. The molecule has 1 atom stereocenters. The number of unbranched alkanes of at least 4 members (excludes halogenated alkanes) is 1. The number of hydrogen-bond donors (Lipinski definition) is 0. The molecule has 88 valence electrons. The zero-order valence-corrected chi connectivity index (χ0v) is 9.91. The summed E-state index contributed by atoms with van der Waals surface area (Å²) in [5.41, 5.74) is 0. The predicted molar refractivity (Wildman–Crippen MR) is 64.5 cm³/mol. The molecular formula is C13H24O2. The van der Waals surface area contributed by atoms with E-state index in [0.717, 1.165) is 19.6 Å². The van der Waals surface area contributed by atoms with Crippen LogP contribution in [0.25, 0.3) is 0 Å². The van der Waals surface area contributed by atoms with Crippen molar-refractivity contribution < 1.29 is 9.47 Å². The van der Waals surface area contributed by atoms with E-state index in [0.29, 0.717) is 5.92 Å². The molecule has 0 aromatic rings. The molecule has 0 bridgehead atoms. The number of rotatable bonds is 11. The third-order valence-corrected chi connectivity index (χ3v) is 2.39. The summed E-state index contributed by atoms with van der Waals surface area (Å²) < 4.78 is 10.3. The molecule has 0 aliphatic heterocycles. The SMILES string of the molecule is C=COCCCCC(CCC)COC=C. The summed E-state index contributed by atoms with van der Waals surface area (Å²) in [5, 5.41) is 0. The highest BCUT2D eigenvalue weighted by Gasteiger charge is 2.07. The molecule has 0 fully saturated rings. The molecule has 0 amide bonds. The van der Waals surface area contributed by atoms with Crippen molar-refractivity contribution in [1.29, 1.82) is 0 Å². The van der Waals surface area contributed by atoms with E-state index in [1.807, 2.05) is 0 Å². The van der Waals surface area contributed by atoms with Gasteiger partial charge in [0.15, 0.2) is 0 Å². The molecule has 0 aliphatic rings. The molecule has 1 unspecified atom stereocenters. The lowest BCUT2D eigenvalue weighted by atomic mass is 9.98. The molecule has 0 aromatic carbocycles. The summed E-state index contributed by atoms with van der Waals surface area (Å²) in [6.45, 7) is 10.9. The molecule has 0 heterocycles. The van der Waals surface area contributed by atoms with Crippen LogP contribution >= 0.6 is 0 Å². The minimum Gasteiger partial charge on any atom is -0.502 e. The van der Waals surface area contributed by atoms with E-state index in [1.165, 1.54) is 38.2 Å². The molecule has 0 saturated carbocycles. The first kappa shape index (κ1) is 14.1. The van der Waals surface area contributed by atoms with Crippen LogP contribution in [-0.2, 0) is 9.47 Å². The quantitative estimate of drug-likeness (QED) is 0.382. The third kappa shape index (κ3) is 9.39. The molecule has 2 heteroatoms. The van der Waals surface area contributed by atoms with Crippen molar-refractivity contribution >= 4 is 0 Å². The molecule has 2 nitrogen and oxygen atoms in total. The Balaban J connectivity index is 3.46. The Morgan fingerprint density at radius 1 is 1.07 bits per heavy atom. The highest BCUT2D eigenvalue weighted by molar-refractivity contribution is 4.61. The lowest BCUT2D eigenvalue weighted by Gasteiger charge is -2.15. The van der Waals surface area contributed by atoms with Crippen LogP contribution in [0.4, 0.5) is 0 Å². The molecule has 0 saturated heterocycles. The largest absolute Gasteiger partial charge is 0.502 e. The van der Waals surface area contributed by atoms with E-state index >= 15 is 0 Å². The standard InChI is InChI=1S/C13H24O2/c1-4-9-13(12-15-6-3)10-7-8-11-14-5-2/h5-6,13H,2-4,7-12H2,1H3. The normalized spacial score (nSPS) is 11.8. The summed E-state index contributed by atoms with van der Waals surface area (Å²) in [6.07, 6.45) is 8.99. The van der Waals surface area contributed by atoms with E-state index < -0.39 is 0 Å². The number of hydrogen-bond acceptors (Lipinski definition) is 2. The van der Waals surface area contributed by atoms with Crippen LogP contribution in [0.1, 0.15) is 39.0 Å². The fourth-order valence-electron chi connectivity index (χ4n) is 1.63. The van der Waals surface area contributed by atoms with Crippen LogP contribution in [-0.4, -0.2) is 13.2 Å². The van der Waals surface area contributed by atoms with E-state index in [2.05, 4.69) is 20.1 Å². The molecule has 15 heavy (non-hydrogen) atoms. The molecule has 0 aromatic heterocycles. The van der Waals surface area contributed by atoms with Gasteiger partial charge in [-0.1, -0.05) is 26.5 Å². The van der Waals surface area contributed by atoms with Crippen molar-refractivity contribution in [1.82, 2.24) is 0 Å². The minimum absolute atomic E-state index is 0.664. The summed E-state index contributed by atoms with van der Waals surface area (Å²) in [6, 6.07) is 0. The monoisotopic (exact) mass is 212 g/mol. The predicted octanol–water partition coefficient (Wildman–Crippen LogP) is 3.89. The average molecular weight is 212 g/mol. The van der Waals surface area contributed by atoms with Gasteiger partial charge in [0.2, 0.25) is 0 Å². The van der Waals surface area contributed by atoms with Crippen LogP contribution in [0.3, 0.4) is 0 Å². The smallest absolute Gasteiger partial charge is 0.0901 e. The third-order valence-electron chi connectivity index (χ3n) is 2.39.